The van der Waals surface area contributed by atoms with E-state index in [1.807, 2.05) is 0 Å². The lowest BCUT2D eigenvalue weighted by atomic mass is 9.85. The Bertz CT molecular complexity index is 3050. The van der Waals surface area contributed by atoms with Crippen molar-refractivity contribution in [1.29, 1.82) is 0 Å². The van der Waals surface area contributed by atoms with Gasteiger partial charge in [0, 0.05) is 34.0 Å². The van der Waals surface area contributed by atoms with Gasteiger partial charge in [0.15, 0.2) is 0 Å². The average molecular weight is 757 g/mol. The van der Waals surface area contributed by atoms with E-state index in [9.17, 15) is 0 Å². The van der Waals surface area contributed by atoms with Gasteiger partial charge in [0.1, 0.15) is 0 Å². The summed E-state index contributed by atoms with van der Waals surface area (Å²) in [4.78, 5) is 2.70. The van der Waals surface area contributed by atoms with Crippen LogP contribution in [-0.4, -0.2) is 16.7 Å². The van der Waals surface area contributed by atoms with E-state index in [1.165, 1.54) is 88.8 Å². The molecule has 2 heterocycles. The zero-order chi connectivity index (χ0) is 38.9. The second-order valence-corrected chi connectivity index (χ2v) is 16.7. The van der Waals surface area contributed by atoms with E-state index in [-0.39, 0.29) is 6.04 Å². The second-order valence-electron chi connectivity index (χ2n) is 16.7. The van der Waals surface area contributed by atoms with Crippen LogP contribution in [0.15, 0.2) is 206 Å². The number of hydrogen-bond donors (Lipinski definition) is 0. The van der Waals surface area contributed by atoms with E-state index in [0.717, 1.165) is 19.3 Å². The highest BCUT2D eigenvalue weighted by molar-refractivity contribution is 6.10. The lowest BCUT2D eigenvalue weighted by molar-refractivity contribution is 0.618. The van der Waals surface area contributed by atoms with Crippen LogP contribution < -0.4 is 4.90 Å². The van der Waals surface area contributed by atoms with Crippen molar-refractivity contribution < 1.29 is 0 Å². The Morgan fingerprint density at radius 2 is 1.25 bits per heavy atom. The molecular formula is C57H44N2. The van der Waals surface area contributed by atoms with Crippen LogP contribution in [0.4, 0.5) is 5.69 Å². The van der Waals surface area contributed by atoms with Crippen LogP contribution in [0.1, 0.15) is 52.5 Å². The second kappa shape index (κ2) is 13.9. The SMILES string of the molecule is C1=CC2c3ccc(-c4ccc5c6ccccc6n(-c6ccc7c(c6)-c6ccccc6CCC7c6ccccc6)c5c4)cc3N(C3C=CC=C(c4ccccc4)C3)C2C=C1. The normalized spacial score (nSPS) is 20.2. The van der Waals surface area contributed by atoms with Gasteiger partial charge in [-0.05, 0) is 105 Å². The number of para-hydroxylation sites is 1. The van der Waals surface area contributed by atoms with Crippen LogP contribution in [0.25, 0.3) is 55.3 Å². The maximum Gasteiger partial charge on any atom is 0.0586 e. The van der Waals surface area contributed by atoms with E-state index in [0.29, 0.717) is 17.9 Å². The van der Waals surface area contributed by atoms with Crippen LogP contribution in [0.3, 0.4) is 0 Å². The summed E-state index contributed by atoms with van der Waals surface area (Å²) in [5, 5.41) is 2.55. The molecule has 0 bridgehead atoms. The summed E-state index contributed by atoms with van der Waals surface area (Å²) in [5.74, 6) is 0.685. The molecule has 59 heavy (non-hydrogen) atoms. The van der Waals surface area contributed by atoms with Crippen molar-refractivity contribution in [2.75, 3.05) is 4.90 Å². The van der Waals surface area contributed by atoms with Gasteiger partial charge >= 0.3 is 0 Å². The molecule has 0 N–H and O–H groups in total. The van der Waals surface area contributed by atoms with Crippen molar-refractivity contribution in [1.82, 2.24) is 4.57 Å². The number of rotatable bonds is 5. The first-order valence-electron chi connectivity index (χ1n) is 21.3. The molecule has 0 fully saturated rings. The average Bonchev–Trinajstić information content (AvgIpc) is 3.76. The van der Waals surface area contributed by atoms with Crippen molar-refractivity contribution in [3.05, 3.63) is 234 Å². The number of allylic oxidation sites excluding steroid dienone is 4. The summed E-state index contributed by atoms with van der Waals surface area (Å²) in [7, 11) is 0. The first kappa shape index (κ1) is 34.2. The monoisotopic (exact) mass is 756 g/mol. The Morgan fingerprint density at radius 3 is 2.17 bits per heavy atom. The molecule has 4 aliphatic rings. The van der Waals surface area contributed by atoms with Gasteiger partial charge in [-0.15, -0.1) is 0 Å². The zero-order valence-corrected chi connectivity index (χ0v) is 33.0. The van der Waals surface area contributed by atoms with Gasteiger partial charge in [-0.25, -0.2) is 0 Å². The maximum absolute atomic E-state index is 2.70. The summed E-state index contributed by atoms with van der Waals surface area (Å²) in [6.07, 6.45) is 19.4. The molecule has 282 valence electrons. The van der Waals surface area contributed by atoms with Crippen LogP contribution in [0.2, 0.25) is 0 Å². The predicted octanol–water partition coefficient (Wildman–Crippen LogP) is 14.0. The number of aromatic nitrogens is 1. The zero-order valence-electron chi connectivity index (χ0n) is 33.0. The molecule has 2 nitrogen and oxygen atoms in total. The summed E-state index contributed by atoms with van der Waals surface area (Å²) in [6, 6.07) is 62.1. The Morgan fingerprint density at radius 1 is 0.508 bits per heavy atom. The molecule has 0 saturated heterocycles. The van der Waals surface area contributed by atoms with Crippen LogP contribution in [0.5, 0.6) is 0 Å². The van der Waals surface area contributed by atoms with Crippen LogP contribution in [-0.2, 0) is 6.42 Å². The molecule has 12 rings (SSSR count). The highest BCUT2D eigenvalue weighted by Crippen LogP contribution is 2.49. The molecular weight excluding hydrogens is 713 g/mol. The van der Waals surface area contributed by atoms with E-state index < -0.39 is 0 Å². The van der Waals surface area contributed by atoms with Gasteiger partial charge in [-0.1, -0.05) is 176 Å². The standard InChI is InChI=1S/C57H44N2/c1-3-14-38(15-4-1)41-19-13-20-44(34-41)58-54-24-11-9-22-49(54)51-31-27-42(35-56(51)58)43-28-32-52-50-23-10-12-25-55(50)59(57(52)36-43)45-29-33-48-47(39-16-5-2-6-17-39)30-26-40-18-7-8-21-46(40)53(48)37-45/h1-25,27-29,31-33,35-37,44,47,49,54H,26,30,34H2. The number of hydrogen-bond acceptors (Lipinski definition) is 1. The molecule has 0 radical (unpaired) electrons. The number of benzene rings is 7. The van der Waals surface area contributed by atoms with Gasteiger partial charge in [-0.3, -0.25) is 0 Å². The molecule has 7 aromatic carbocycles. The first-order chi connectivity index (χ1) is 29.3. The van der Waals surface area contributed by atoms with Crippen molar-refractivity contribution in [3.63, 3.8) is 0 Å². The molecule has 4 atom stereocenters. The van der Waals surface area contributed by atoms with E-state index in [4.69, 9.17) is 0 Å². The van der Waals surface area contributed by atoms with Crippen LogP contribution >= 0.6 is 0 Å². The fraction of sp³-hybridized carbons (Fsp3) is 0.123. The Labute approximate surface area is 346 Å². The fourth-order valence-electron chi connectivity index (χ4n) is 10.8. The van der Waals surface area contributed by atoms with E-state index >= 15 is 0 Å². The van der Waals surface area contributed by atoms with Gasteiger partial charge in [0.05, 0.1) is 23.1 Å². The first-order valence-corrected chi connectivity index (χ1v) is 21.3. The predicted molar refractivity (Wildman–Crippen MR) is 248 cm³/mol. The molecule has 1 aliphatic heterocycles. The lowest BCUT2D eigenvalue weighted by Crippen LogP contribution is -2.41. The number of anilines is 1. The third-order valence-corrected chi connectivity index (χ3v) is 13.5. The van der Waals surface area contributed by atoms with Gasteiger partial charge < -0.3 is 9.47 Å². The van der Waals surface area contributed by atoms with Crippen molar-refractivity contribution in [2.45, 2.75) is 43.2 Å². The summed E-state index contributed by atoms with van der Waals surface area (Å²) in [5.41, 5.74) is 18.5. The molecule has 0 saturated carbocycles. The Balaban J connectivity index is 0.988. The summed E-state index contributed by atoms with van der Waals surface area (Å²) in [6.45, 7) is 0. The summed E-state index contributed by atoms with van der Waals surface area (Å²) < 4.78 is 2.51. The Hall–Kier alpha value is -6.90. The molecule has 4 unspecified atom stereocenters. The lowest BCUT2D eigenvalue weighted by Gasteiger charge is -2.36. The fourth-order valence-corrected chi connectivity index (χ4v) is 10.8. The van der Waals surface area contributed by atoms with E-state index in [1.54, 1.807) is 0 Å². The molecule has 0 spiro atoms. The van der Waals surface area contributed by atoms with Crippen molar-refractivity contribution in [3.8, 4) is 27.9 Å². The third-order valence-electron chi connectivity index (χ3n) is 13.5. The van der Waals surface area contributed by atoms with E-state index in [2.05, 4.69) is 216 Å². The minimum atomic E-state index is 0.264. The summed E-state index contributed by atoms with van der Waals surface area (Å²) >= 11 is 0. The number of aryl methyl sites for hydroxylation is 1. The molecule has 0 amide bonds. The van der Waals surface area contributed by atoms with Gasteiger partial charge in [-0.2, -0.15) is 0 Å². The highest BCUT2D eigenvalue weighted by atomic mass is 15.2. The molecule has 8 aromatic rings. The molecule has 3 aliphatic carbocycles. The quantitative estimate of drug-likeness (QED) is 0.170. The Kier molecular flexibility index (Phi) is 8.04. The smallest absolute Gasteiger partial charge is 0.0586 e. The van der Waals surface area contributed by atoms with Crippen molar-refractivity contribution >= 4 is 33.1 Å². The largest absolute Gasteiger partial charge is 0.357 e. The highest BCUT2D eigenvalue weighted by Gasteiger charge is 2.40. The van der Waals surface area contributed by atoms with Crippen molar-refractivity contribution in [2.24, 2.45) is 0 Å². The minimum absolute atomic E-state index is 0.264. The van der Waals surface area contributed by atoms with Gasteiger partial charge in [0.25, 0.3) is 0 Å². The van der Waals surface area contributed by atoms with Gasteiger partial charge in [0.2, 0.25) is 0 Å². The number of nitrogens with zero attached hydrogens (tertiary/aromatic N) is 2. The minimum Gasteiger partial charge on any atom is -0.357 e. The van der Waals surface area contributed by atoms with Crippen LogP contribution in [0, 0.1) is 0 Å². The molecule has 2 heteroatoms. The third kappa shape index (κ3) is 5.62. The topological polar surface area (TPSA) is 8.17 Å². The maximum atomic E-state index is 2.70. The number of fused-ring (bicyclic) bond motifs is 9. The molecule has 1 aromatic heterocycles.